The SMILES string of the molecule is COC(=O)[C@H](CSSC[C@H](NC(=O)/C=C/c1ccc(N)cc1)C(=O)OC)NC(=O)/C=C/c1ccc(N)cc1. The van der Waals surface area contributed by atoms with Crippen molar-refractivity contribution in [2.75, 3.05) is 37.2 Å². The highest BCUT2D eigenvalue weighted by molar-refractivity contribution is 8.76. The van der Waals surface area contributed by atoms with Crippen LogP contribution in [0.2, 0.25) is 0 Å². The Morgan fingerprint density at radius 2 is 1.05 bits per heavy atom. The van der Waals surface area contributed by atoms with E-state index in [1.807, 2.05) is 0 Å². The van der Waals surface area contributed by atoms with Crippen molar-refractivity contribution in [1.29, 1.82) is 0 Å². The molecule has 0 aliphatic heterocycles. The smallest absolute Gasteiger partial charge is 0.329 e. The molecule has 0 spiro atoms. The molecule has 10 nitrogen and oxygen atoms in total. The van der Waals surface area contributed by atoms with Crippen LogP contribution in [0.4, 0.5) is 11.4 Å². The van der Waals surface area contributed by atoms with E-state index in [2.05, 4.69) is 10.6 Å². The number of amides is 2. The molecule has 2 atom stereocenters. The van der Waals surface area contributed by atoms with Gasteiger partial charge in [-0.25, -0.2) is 9.59 Å². The van der Waals surface area contributed by atoms with Gasteiger partial charge in [-0.1, -0.05) is 45.9 Å². The summed E-state index contributed by atoms with van der Waals surface area (Å²) in [5, 5.41) is 5.20. The molecule has 0 aromatic heterocycles. The molecular formula is C26H30N4O6S2. The van der Waals surface area contributed by atoms with E-state index in [0.717, 1.165) is 11.1 Å². The van der Waals surface area contributed by atoms with Crippen LogP contribution < -0.4 is 22.1 Å². The molecule has 38 heavy (non-hydrogen) atoms. The van der Waals surface area contributed by atoms with Crippen molar-refractivity contribution >= 4 is 68.9 Å². The van der Waals surface area contributed by atoms with Crippen molar-refractivity contribution in [3.05, 3.63) is 71.8 Å². The fourth-order valence-electron chi connectivity index (χ4n) is 2.85. The van der Waals surface area contributed by atoms with Crippen LogP contribution in [-0.4, -0.2) is 61.6 Å². The van der Waals surface area contributed by atoms with Gasteiger partial charge in [-0.2, -0.15) is 0 Å². The molecule has 0 saturated carbocycles. The van der Waals surface area contributed by atoms with E-state index in [1.54, 1.807) is 60.7 Å². The number of esters is 2. The van der Waals surface area contributed by atoms with Crippen LogP contribution in [0.15, 0.2) is 60.7 Å². The van der Waals surface area contributed by atoms with Gasteiger partial charge in [0.2, 0.25) is 11.8 Å². The number of nitrogens with one attached hydrogen (secondary N) is 2. The van der Waals surface area contributed by atoms with Crippen molar-refractivity contribution < 1.29 is 28.7 Å². The van der Waals surface area contributed by atoms with Gasteiger partial charge >= 0.3 is 11.9 Å². The number of hydrogen-bond donors (Lipinski definition) is 4. The topological polar surface area (TPSA) is 163 Å². The van der Waals surface area contributed by atoms with Crippen molar-refractivity contribution in [3.8, 4) is 0 Å². The lowest BCUT2D eigenvalue weighted by Crippen LogP contribution is -2.43. The lowest BCUT2D eigenvalue weighted by atomic mass is 10.2. The number of methoxy groups -OCH3 is 2. The maximum atomic E-state index is 12.3. The molecule has 202 valence electrons. The van der Waals surface area contributed by atoms with Crippen molar-refractivity contribution in [2.45, 2.75) is 12.1 Å². The molecule has 0 fully saturated rings. The second-order valence-electron chi connectivity index (χ2n) is 7.74. The normalized spacial score (nSPS) is 12.6. The number of ether oxygens (including phenoxy) is 2. The maximum absolute atomic E-state index is 12.3. The molecule has 2 aromatic carbocycles. The van der Waals surface area contributed by atoms with Crippen molar-refractivity contribution in [1.82, 2.24) is 10.6 Å². The summed E-state index contributed by atoms with van der Waals surface area (Å²) in [7, 11) is 4.92. The summed E-state index contributed by atoms with van der Waals surface area (Å²) in [6.45, 7) is 0. The van der Waals surface area contributed by atoms with E-state index >= 15 is 0 Å². The number of hydrogen-bond acceptors (Lipinski definition) is 10. The molecule has 0 aliphatic rings. The summed E-state index contributed by atoms with van der Waals surface area (Å²) in [6, 6.07) is 12.0. The number of anilines is 2. The molecule has 2 aromatic rings. The average molecular weight is 559 g/mol. The third-order valence-electron chi connectivity index (χ3n) is 4.88. The number of rotatable bonds is 13. The molecule has 12 heteroatoms. The molecule has 2 rings (SSSR count). The summed E-state index contributed by atoms with van der Waals surface area (Å²) in [5.74, 6) is -1.85. The van der Waals surface area contributed by atoms with Gasteiger partial charge in [0, 0.05) is 35.0 Å². The minimum absolute atomic E-state index is 0.164. The number of nitrogen functional groups attached to an aromatic ring is 2. The van der Waals surface area contributed by atoms with Crippen LogP contribution in [0.1, 0.15) is 11.1 Å². The first-order valence-electron chi connectivity index (χ1n) is 11.3. The maximum Gasteiger partial charge on any atom is 0.329 e. The Bertz CT molecular complexity index is 1060. The lowest BCUT2D eigenvalue weighted by molar-refractivity contribution is -0.144. The first-order valence-corrected chi connectivity index (χ1v) is 13.8. The van der Waals surface area contributed by atoms with Crippen LogP contribution >= 0.6 is 21.6 Å². The summed E-state index contributed by atoms with van der Waals surface area (Å²) in [5.41, 5.74) is 14.1. The molecule has 2 amide bonds. The van der Waals surface area contributed by atoms with Gasteiger partial charge in [-0.15, -0.1) is 0 Å². The summed E-state index contributed by atoms with van der Waals surface area (Å²) in [6.07, 6.45) is 5.80. The van der Waals surface area contributed by atoms with E-state index in [1.165, 1.54) is 48.0 Å². The first-order chi connectivity index (χ1) is 18.2. The van der Waals surface area contributed by atoms with E-state index < -0.39 is 35.8 Å². The van der Waals surface area contributed by atoms with Gasteiger partial charge in [0.15, 0.2) is 0 Å². The van der Waals surface area contributed by atoms with Crippen LogP contribution in [0.25, 0.3) is 12.2 Å². The highest BCUT2D eigenvalue weighted by Crippen LogP contribution is 2.23. The quantitative estimate of drug-likeness (QED) is 0.0943. The van der Waals surface area contributed by atoms with Crippen LogP contribution in [0, 0.1) is 0 Å². The Hall–Kier alpha value is -3.90. The zero-order chi connectivity index (χ0) is 27.9. The molecular weight excluding hydrogens is 528 g/mol. The molecule has 0 bridgehead atoms. The van der Waals surface area contributed by atoms with Gasteiger partial charge < -0.3 is 31.6 Å². The Labute approximate surface area is 229 Å². The number of benzene rings is 2. The summed E-state index contributed by atoms with van der Waals surface area (Å²) >= 11 is 0. The molecule has 0 unspecified atom stereocenters. The molecule has 0 saturated heterocycles. The average Bonchev–Trinajstić information content (AvgIpc) is 2.92. The monoisotopic (exact) mass is 558 g/mol. The minimum atomic E-state index is -0.921. The van der Waals surface area contributed by atoms with Gasteiger partial charge in [-0.3, -0.25) is 9.59 Å². The second-order valence-corrected chi connectivity index (χ2v) is 10.3. The fourth-order valence-corrected chi connectivity index (χ4v) is 5.15. The van der Waals surface area contributed by atoms with Gasteiger partial charge in [0.25, 0.3) is 0 Å². The van der Waals surface area contributed by atoms with E-state index in [9.17, 15) is 19.2 Å². The largest absolute Gasteiger partial charge is 0.467 e. The lowest BCUT2D eigenvalue weighted by Gasteiger charge is -2.17. The molecule has 0 radical (unpaired) electrons. The Kier molecular flexibility index (Phi) is 12.8. The summed E-state index contributed by atoms with van der Waals surface area (Å²) < 4.78 is 9.57. The Morgan fingerprint density at radius 1 is 0.711 bits per heavy atom. The highest BCUT2D eigenvalue weighted by atomic mass is 33.1. The predicted molar refractivity (Wildman–Crippen MR) is 153 cm³/mol. The zero-order valence-electron chi connectivity index (χ0n) is 20.9. The Morgan fingerprint density at radius 3 is 1.37 bits per heavy atom. The van der Waals surface area contributed by atoms with Gasteiger partial charge in [0.05, 0.1) is 14.2 Å². The third kappa shape index (κ3) is 11.0. The number of nitrogens with two attached hydrogens (primary N) is 2. The van der Waals surface area contributed by atoms with E-state index in [-0.39, 0.29) is 11.5 Å². The molecule has 0 heterocycles. The van der Waals surface area contributed by atoms with E-state index in [4.69, 9.17) is 20.9 Å². The molecule has 6 N–H and O–H groups in total. The standard InChI is InChI=1S/C26H30N4O6S2/c1-35-25(33)21(29-23(31)13-7-17-3-9-19(27)10-4-17)15-37-38-16-22(26(34)36-2)30-24(32)14-8-18-5-11-20(28)12-6-18/h3-14,21-22H,15-16,27-28H2,1-2H3,(H,29,31)(H,30,32)/b13-7+,14-8+/t21-,22-/m0/s1. The fraction of sp³-hybridized carbons (Fsp3) is 0.231. The van der Waals surface area contributed by atoms with Crippen LogP contribution in [0.3, 0.4) is 0 Å². The van der Waals surface area contributed by atoms with Crippen LogP contribution in [-0.2, 0) is 28.7 Å². The predicted octanol–water partition coefficient (Wildman–Crippen LogP) is 2.27. The van der Waals surface area contributed by atoms with Crippen molar-refractivity contribution in [3.63, 3.8) is 0 Å². The first kappa shape index (κ1) is 30.3. The van der Waals surface area contributed by atoms with Crippen molar-refractivity contribution in [2.24, 2.45) is 0 Å². The van der Waals surface area contributed by atoms with Gasteiger partial charge in [-0.05, 0) is 47.5 Å². The summed E-state index contributed by atoms with van der Waals surface area (Å²) in [4.78, 5) is 48.9. The number of carbonyl (C=O) groups is 4. The Balaban J connectivity index is 1.87. The van der Waals surface area contributed by atoms with E-state index in [0.29, 0.717) is 11.4 Å². The van der Waals surface area contributed by atoms with Gasteiger partial charge in [0.1, 0.15) is 12.1 Å². The minimum Gasteiger partial charge on any atom is -0.467 e. The third-order valence-corrected chi connectivity index (χ3v) is 7.31. The second kappa shape index (κ2) is 16.0. The number of carbonyl (C=O) groups excluding carboxylic acids is 4. The highest BCUT2D eigenvalue weighted by Gasteiger charge is 2.23. The molecule has 0 aliphatic carbocycles. The van der Waals surface area contributed by atoms with Crippen LogP contribution in [0.5, 0.6) is 0 Å². The zero-order valence-corrected chi connectivity index (χ0v) is 22.6.